The summed E-state index contributed by atoms with van der Waals surface area (Å²) in [5.74, 6) is -0.415. The Hall–Kier alpha value is -2.87. The predicted molar refractivity (Wildman–Crippen MR) is 146 cm³/mol. The third-order valence-corrected chi connectivity index (χ3v) is 10.3. The number of carbonyl (C=O) groups excluding carboxylic acids is 2. The summed E-state index contributed by atoms with van der Waals surface area (Å²) in [6.07, 6.45) is 3.52. The van der Waals surface area contributed by atoms with Crippen molar-refractivity contribution in [1.29, 1.82) is 0 Å². The van der Waals surface area contributed by atoms with Gasteiger partial charge in [0.25, 0.3) is 5.91 Å². The smallest absolute Gasteiger partial charge is 0.280 e. The molecule has 2 saturated heterocycles. The van der Waals surface area contributed by atoms with E-state index in [1.54, 1.807) is 25.3 Å². The van der Waals surface area contributed by atoms with Crippen LogP contribution in [-0.4, -0.2) is 91.0 Å². The minimum absolute atomic E-state index is 0.0307. The molecule has 210 valence electrons. The Labute approximate surface area is 232 Å². The van der Waals surface area contributed by atoms with Crippen molar-refractivity contribution in [1.82, 2.24) is 14.8 Å². The summed E-state index contributed by atoms with van der Waals surface area (Å²) < 4.78 is 30.5. The number of hydrogen-bond acceptors (Lipinski definition) is 10. The van der Waals surface area contributed by atoms with E-state index in [9.17, 15) is 18.0 Å². The molecule has 1 aromatic carbocycles. The number of rotatable bonds is 9. The molecule has 1 saturated carbocycles. The second-order valence-corrected chi connectivity index (χ2v) is 13.5. The van der Waals surface area contributed by atoms with E-state index in [-0.39, 0.29) is 33.9 Å². The molecular weight excluding hydrogens is 542 g/mol. The first-order chi connectivity index (χ1) is 18.7. The van der Waals surface area contributed by atoms with E-state index < -0.39 is 15.7 Å². The van der Waals surface area contributed by atoms with E-state index in [1.807, 2.05) is 11.8 Å². The molecule has 0 radical (unpaired) electrons. The lowest BCUT2D eigenvalue weighted by Crippen LogP contribution is -2.52. The summed E-state index contributed by atoms with van der Waals surface area (Å²) in [6, 6.07) is 6.32. The molecule has 11 nitrogen and oxygen atoms in total. The first kappa shape index (κ1) is 27.7. The highest BCUT2D eigenvalue weighted by atomic mass is 32.2. The molecule has 5 rings (SSSR count). The predicted octanol–water partition coefficient (Wildman–Crippen LogP) is 2.28. The number of carbonyl (C=O) groups is 2. The molecule has 39 heavy (non-hydrogen) atoms. The lowest BCUT2D eigenvalue weighted by molar-refractivity contribution is -0.133. The van der Waals surface area contributed by atoms with Gasteiger partial charge in [0.15, 0.2) is 26.8 Å². The molecule has 2 atom stereocenters. The third kappa shape index (κ3) is 6.65. The molecule has 1 aliphatic carbocycles. The number of amides is 2. The monoisotopic (exact) mass is 575 g/mol. The minimum atomic E-state index is -3.34. The van der Waals surface area contributed by atoms with Gasteiger partial charge in [-0.15, -0.1) is 11.3 Å². The number of benzene rings is 1. The van der Waals surface area contributed by atoms with Crippen molar-refractivity contribution in [3.8, 4) is 0 Å². The maximum absolute atomic E-state index is 13.3. The highest BCUT2D eigenvalue weighted by molar-refractivity contribution is 7.92. The molecule has 13 heteroatoms. The van der Waals surface area contributed by atoms with Gasteiger partial charge >= 0.3 is 0 Å². The largest absolute Gasteiger partial charge is 0.389 e. The molecule has 2 aliphatic heterocycles. The molecule has 1 N–H and O–H groups in total. The number of piperazine rings is 1. The van der Waals surface area contributed by atoms with Gasteiger partial charge < -0.3 is 14.5 Å². The van der Waals surface area contributed by atoms with Crippen LogP contribution in [0.1, 0.15) is 43.6 Å². The van der Waals surface area contributed by atoms with E-state index in [0.717, 1.165) is 18.0 Å². The molecule has 3 heterocycles. The Morgan fingerprint density at radius 3 is 2.62 bits per heavy atom. The number of oxime groups is 1. The Morgan fingerprint density at radius 2 is 1.97 bits per heavy atom. The summed E-state index contributed by atoms with van der Waals surface area (Å²) in [6.45, 7) is 7.50. The van der Waals surface area contributed by atoms with Gasteiger partial charge in [-0.1, -0.05) is 17.3 Å². The fourth-order valence-electron chi connectivity index (χ4n) is 4.78. The third-order valence-electron chi connectivity index (χ3n) is 7.09. The van der Waals surface area contributed by atoms with Gasteiger partial charge in [-0.05, 0) is 31.9 Å². The van der Waals surface area contributed by atoms with Crippen molar-refractivity contribution in [2.75, 3.05) is 38.2 Å². The molecule has 2 amide bonds. The topological polar surface area (TPSA) is 130 Å². The zero-order chi connectivity index (χ0) is 27.6. The number of hydrogen-bond donors (Lipinski definition) is 1. The van der Waals surface area contributed by atoms with E-state index in [4.69, 9.17) is 9.57 Å². The van der Waals surface area contributed by atoms with E-state index >= 15 is 0 Å². The summed E-state index contributed by atoms with van der Waals surface area (Å²) in [5, 5.41) is 7.08. The second-order valence-electron chi connectivity index (χ2n) is 10.2. The van der Waals surface area contributed by atoms with Crippen molar-refractivity contribution in [3.05, 3.63) is 40.9 Å². The number of ether oxygens (including phenoxy) is 1. The highest BCUT2D eigenvalue weighted by Gasteiger charge is 2.37. The standard InChI is InChI=1S/C26H33N5O6S2/c1-17-14-30(10-11-31(17)18(2)32)15-21-13-27-26(38-21)28-25(33)24(29-37-20-9-12-36-16-20)19-3-5-22(6-4-19)39(34,35)23-7-8-23/h3-6,13,17,20,23H,7-12,14-16H2,1-2H3,(H,27,28,33)/b29-24+/t17-,20-/m0/s1. The molecule has 0 bridgehead atoms. The first-order valence-corrected chi connectivity index (χ1v) is 15.5. The zero-order valence-electron chi connectivity index (χ0n) is 22.0. The zero-order valence-corrected chi connectivity index (χ0v) is 23.7. The number of nitrogens with one attached hydrogen (secondary N) is 1. The van der Waals surface area contributed by atoms with E-state index in [0.29, 0.717) is 56.3 Å². The second kappa shape index (κ2) is 11.7. The quantitative estimate of drug-likeness (QED) is 0.356. The molecule has 0 spiro atoms. The summed E-state index contributed by atoms with van der Waals surface area (Å²) in [5.41, 5.74) is 0.471. The average Bonchev–Trinajstić information content (AvgIpc) is 3.49. The Balaban J connectivity index is 1.27. The highest BCUT2D eigenvalue weighted by Crippen LogP contribution is 2.33. The van der Waals surface area contributed by atoms with Crippen LogP contribution in [0.2, 0.25) is 0 Å². The van der Waals surface area contributed by atoms with Gasteiger partial charge in [0, 0.05) is 62.2 Å². The van der Waals surface area contributed by atoms with E-state index in [1.165, 1.54) is 23.5 Å². The van der Waals surface area contributed by atoms with Crippen LogP contribution in [0.15, 0.2) is 40.5 Å². The Kier molecular flexibility index (Phi) is 8.31. The van der Waals surface area contributed by atoms with Gasteiger partial charge in [-0.3, -0.25) is 19.8 Å². The van der Waals surface area contributed by atoms with Crippen LogP contribution in [0.4, 0.5) is 5.13 Å². The van der Waals surface area contributed by atoms with Gasteiger partial charge in [0.2, 0.25) is 5.91 Å². The van der Waals surface area contributed by atoms with Crippen LogP contribution in [0.25, 0.3) is 0 Å². The van der Waals surface area contributed by atoms with Crippen LogP contribution in [-0.2, 0) is 35.5 Å². The van der Waals surface area contributed by atoms with E-state index in [2.05, 4.69) is 20.4 Å². The molecular formula is C26H33N5O6S2. The van der Waals surface area contributed by atoms with Gasteiger partial charge in [-0.2, -0.15) is 0 Å². The van der Waals surface area contributed by atoms with Crippen LogP contribution >= 0.6 is 11.3 Å². The SMILES string of the molecule is CC(=O)N1CCN(Cc2cnc(NC(=O)/C(=N/O[C@H]3CCOC3)c3ccc(S(=O)(=O)C4CC4)cc3)s2)C[C@@H]1C. The summed E-state index contributed by atoms with van der Waals surface area (Å²) >= 11 is 1.37. The Morgan fingerprint density at radius 1 is 1.21 bits per heavy atom. The van der Waals surface area contributed by atoms with Crippen molar-refractivity contribution in [2.45, 2.75) is 61.9 Å². The van der Waals surface area contributed by atoms with Crippen LogP contribution < -0.4 is 5.32 Å². The first-order valence-electron chi connectivity index (χ1n) is 13.1. The maximum atomic E-state index is 13.3. The average molecular weight is 576 g/mol. The molecule has 1 aromatic heterocycles. The summed E-state index contributed by atoms with van der Waals surface area (Å²) in [4.78, 5) is 40.4. The lowest BCUT2D eigenvalue weighted by Gasteiger charge is -2.39. The van der Waals surface area contributed by atoms with Crippen LogP contribution in [0, 0.1) is 0 Å². The minimum Gasteiger partial charge on any atom is -0.389 e. The number of aromatic nitrogens is 1. The number of nitrogens with zero attached hydrogens (tertiary/aromatic N) is 4. The summed E-state index contributed by atoms with van der Waals surface area (Å²) in [7, 11) is -3.34. The molecule has 3 fully saturated rings. The fourth-order valence-corrected chi connectivity index (χ4v) is 7.29. The molecule has 2 aromatic rings. The maximum Gasteiger partial charge on any atom is 0.280 e. The van der Waals surface area contributed by atoms with Crippen LogP contribution in [0.3, 0.4) is 0 Å². The van der Waals surface area contributed by atoms with Crippen molar-refractivity contribution >= 4 is 43.8 Å². The van der Waals surface area contributed by atoms with Gasteiger partial charge in [-0.25, -0.2) is 13.4 Å². The van der Waals surface area contributed by atoms with Crippen molar-refractivity contribution < 1.29 is 27.6 Å². The molecule has 0 unspecified atom stereocenters. The molecule has 3 aliphatic rings. The van der Waals surface area contributed by atoms with Crippen molar-refractivity contribution in [3.63, 3.8) is 0 Å². The number of sulfone groups is 1. The number of anilines is 1. The normalized spacial score (nSPS) is 22.6. The van der Waals surface area contributed by atoms with Crippen molar-refractivity contribution in [2.24, 2.45) is 5.16 Å². The number of thiazole rings is 1. The Bertz CT molecular complexity index is 1330. The fraction of sp³-hybridized carbons (Fsp3) is 0.538. The van der Waals surface area contributed by atoms with Gasteiger partial charge in [0.1, 0.15) is 0 Å². The lowest BCUT2D eigenvalue weighted by atomic mass is 10.1. The van der Waals surface area contributed by atoms with Crippen LogP contribution in [0.5, 0.6) is 0 Å². The van der Waals surface area contributed by atoms with Gasteiger partial charge in [0.05, 0.1) is 23.4 Å².